The summed E-state index contributed by atoms with van der Waals surface area (Å²) >= 11 is 0. The summed E-state index contributed by atoms with van der Waals surface area (Å²) in [5.41, 5.74) is 4.71. The molecule has 0 radical (unpaired) electrons. The molecule has 3 N–H and O–H groups in total. The lowest BCUT2D eigenvalue weighted by Gasteiger charge is -2.09. The van der Waals surface area contributed by atoms with Gasteiger partial charge in [0.05, 0.1) is 18.5 Å². The lowest BCUT2D eigenvalue weighted by molar-refractivity contribution is -0.159. The molecule has 1 aromatic heterocycles. The number of aryl methyl sites for hydroxylation is 1. The number of carboxylic acids is 2. The van der Waals surface area contributed by atoms with E-state index < -0.39 is 11.9 Å². The molecular formula is C22H25N3O5. The van der Waals surface area contributed by atoms with Gasteiger partial charge >= 0.3 is 11.9 Å². The van der Waals surface area contributed by atoms with Gasteiger partial charge in [0.1, 0.15) is 5.75 Å². The summed E-state index contributed by atoms with van der Waals surface area (Å²) in [5, 5.41) is 18.2. The first-order valence-electron chi connectivity index (χ1n) is 9.32. The Morgan fingerprint density at radius 1 is 1.10 bits per heavy atom. The van der Waals surface area contributed by atoms with Crippen LogP contribution in [0.1, 0.15) is 18.1 Å². The van der Waals surface area contributed by atoms with Crippen LogP contribution >= 0.6 is 0 Å². The molecule has 2 aromatic carbocycles. The van der Waals surface area contributed by atoms with Gasteiger partial charge in [0.2, 0.25) is 5.95 Å². The number of carbonyl (C=O) groups is 2. The molecule has 30 heavy (non-hydrogen) atoms. The largest absolute Gasteiger partial charge is 0.494 e. The highest BCUT2D eigenvalue weighted by molar-refractivity contribution is 6.27. The van der Waals surface area contributed by atoms with E-state index in [4.69, 9.17) is 24.5 Å². The number of carboxylic acid groups (broad SMARTS) is 2. The zero-order chi connectivity index (χ0) is 22.1. The first-order valence-corrected chi connectivity index (χ1v) is 9.32. The minimum absolute atomic E-state index is 0.679. The SMILES string of the molecule is CCOc1ccc(-c2cnc(NCc3cccc(C)c3)n2C)cc1.O=C(O)C(=O)O. The van der Waals surface area contributed by atoms with Crippen LogP contribution in [0, 0.1) is 6.92 Å². The van der Waals surface area contributed by atoms with Crippen LogP contribution in [0.25, 0.3) is 11.3 Å². The van der Waals surface area contributed by atoms with Crippen molar-refractivity contribution in [2.75, 3.05) is 11.9 Å². The predicted molar refractivity (Wildman–Crippen MR) is 114 cm³/mol. The number of benzene rings is 2. The Bertz CT molecular complexity index is 984. The average Bonchev–Trinajstić information content (AvgIpc) is 3.08. The van der Waals surface area contributed by atoms with E-state index in [1.807, 2.05) is 32.3 Å². The Morgan fingerprint density at radius 2 is 1.77 bits per heavy atom. The zero-order valence-electron chi connectivity index (χ0n) is 17.1. The Labute approximate surface area is 174 Å². The van der Waals surface area contributed by atoms with Gasteiger partial charge in [-0.2, -0.15) is 0 Å². The lowest BCUT2D eigenvalue weighted by Crippen LogP contribution is -2.09. The van der Waals surface area contributed by atoms with Crippen molar-refractivity contribution in [3.05, 3.63) is 65.9 Å². The highest BCUT2D eigenvalue weighted by atomic mass is 16.5. The summed E-state index contributed by atoms with van der Waals surface area (Å²) in [6.45, 7) is 5.53. The lowest BCUT2D eigenvalue weighted by atomic mass is 10.1. The summed E-state index contributed by atoms with van der Waals surface area (Å²) in [6, 6.07) is 16.6. The molecule has 0 fully saturated rings. The molecule has 0 aliphatic rings. The van der Waals surface area contributed by atoms with Crippen molar-refractivity contribution < 1.29 is 24.5 Å². The van der Waals surface area contributed by atoms with Gasteiger partial charge in [-0.15, -0.1) is 0 Å². The molecule has 0 atom stereocenters. The molecule has 0 saturated heterocycles. The van der Waals surface area contributed by atoms with E-state index in [1.165, 1.54) is 11.1 Å². The van der Waals surface area contributed by atoms with E-state index >= 15 is 0 Å². The topological polar surface area (TPSA) is 114 Å². The molecule has 8 heteroatoms. The second-order valence-electron chi connectivity index (χ2n) is 6.44. The van der Waals surface area contributed by atoms with E-state index in [9.17, 15) is 0 Å². The van der Waals surface area contributed by atoms with Crippen molar-refractivity contribution in [1.82, 2.24) is 9.55 Å². The van der Waals surface area contributed by atoms with Gasteiger partial charge in [-0.25, -0.2) is 14.6 Å². The fourth-order valence-electron chi connectivity index (χ4n) is 2.73. The number of aromatic nitrogens is 2. The number of anilines is 1. The highest BCUT2D eigenvalue weighted by Gasteiger charge is 2.08. The van der Waals surface area contributed by atoms with Crippen LogP contribution in [-0.2, 0) is 23.2 Å². The Kier molecular flexibility index (Phi) is 7.99. The van der Waals surface area contributed by atoms with Crippen LogP contribution in [0.2, 0.25) is 0 Å². The maximum absolute atomic E-state index is 9.10. The van der Waals surface area contributed by atoms with Crippen molar-refractivity contribution in [2.24, 2.45) is 7.05 Å². The van der Waals surface area contributed by atoms with Crippen LogP contribution < -0.4 is 10.1 Å². The maximum atomic E-state index is 9.10. The third-order valence-corrected chi connectivity index (χ3v) is 4.17. The minimum Gasteiger partial charge on any atom is -0.494 e. The number of nitrogens with one attached hydrogen (secondary N) is 1. The molecule has 0 unspecified atom stereocenters. The smallest absolute Gasteiger partial charge is 0.414 e. The van der Waals surface area contributed by atoms with E-state index in [2.05, 4.69) is 58.2 Å². The van der Waals surface area contributed by atoms with Gasteiger partial charge in [-0.1, -0.05) is 29.8 Å². The molecule has 0 amide bonds. The minimum atomic E-state index is -1.82. The molecule has 0 aliphatic heterocycles. The summed E-state index contributed by atoms with van der Waals surface area (Å²) in [4.78, 5) is 22.7. The standard InChI is InChI=1S/C20H23N3O.C2H2O4/c1-4-24-18-10-8-17(9-11-18)19-14-22-20(23(19)3)21-13-16-7-5-6-15(2)12-16;3-1(4)2(5)6/h5-12,14H,4,13H2,1-3H3,(H,21,22);(H,3,4)(H,5,6). The van der Waals surface area contributed by atoms with Crippen LogP contribution in [0.4, 0.5) is 5.95 Å². The third-order valence-electron chi connectivity index (χ3n) is 4.17. The van der Waals surface area contributed by atoms with Crippen LogP contribution in [0.3, 0.4) is 0 Å². The number of hydrogen-bond acceptors (Lipinski definition) is 5. The summed E-state index contributed by atoms with van der Waals surface area (Å²) in [5.74, 6) is -1.90. The maximum Gasteiger partial charge on any atom is 0.414 e. The predicted octanol–water partition coefficient (Wildman–Crippen LogP) is 3.56. The Morgan fingerprint density at radius 3 is 2.33 bits per heavy atom. The number of ether oxygens (including phenoxy) is 1. The Balaban J connectivity index is 0.000000469. The van der Waals surface area contributed by atoms with Crippen molar-refractivity contribution in [1.29, 1.82) is 0 Å². The summed E-state index contributed by atoms with van der Waals surface area (Å²) < 4.78 is 7.57. The monoisotopic (exact) mass is 411 g/mol. The quantitative estimate of drug-likeness (QED) is 0.531. The average molecular weight is 411 g/mol. The fourth-order valence-corrected chi connectivity index (χ4v) is 2.73. The van der Waals surface area contributed by atoms with Gasteiger partial charge < -0.3 is 24.8 Å². The number of nitrogens with zero attached hydrogens (tertiary/aromatic N) is 2. The summed E-state index contributed by atoms with van der Waals surface area (Å²) in [6.07, 6.45) is 1.90. The van der Waals surface area contributed by atoms with Crippen LogP contribution in [0.15, 0.2) is 54.7 Å². The number of hydrogen-bond donors (Lipinski definition) is 3. The molecule has 3 rings (SSSR count). The normalized spacial score (nSPS) is 9.97. The van der Waals surface area contributed by atoms with Crippen molar-refractivity contribution in [3.63, 3.8) is 0 Å². The van der Waals surface area contributed by atoms with Gasteiger partial charge in [0, 0.05) is 19.2 Å². The summed E-state index contributed by atoms with van der Waals surface area (Å²) in [7, 11) is 2.03. The molecule has 1 heterocycles. The zero-order valence-corrected chi connectivity index (χ0v) is 17.1. The van der Waals surface area contributed by atoms with Crippen molar-refractivity contribution >= 4 is 17.9 Å². The van der Waals surface area contributed by atoms with Gasteiger partial charge in [0.25, 0.3) is 0 Å². The molecule has 0 saturated carbocycles. The second kappa shape index (κ2) is 10.7. The molecular weight excluding hydrogens is 386 g/mol. The molecule has 158 valence electrons. The first-order chi connectivity index (χ1) is 14.3. The molecule has 3 aromatic rings. The van der Waals surface area contributed by atoms with Crippen LogP contribution in [-0.4, -0.2) is 38.3 Å². The first kappa shape index (κ1) is 22.5. The van der Waals surface area contributed by atoms with E-state index in [0.717, 1.165) is 29.5 Å². The van der Waals surface area contributed by atoms with Crippen LogP contribution in [0.5, 0.6) is 5.75 Å². The van der Waals surface area contributed by atoms with Gasteiger partial charge in [-0.05, 0) is 43.7 Å². The number of rotatable bonds is 6. The van der Waals surface area contributed by atoms with Crippen molar-refractivity contribution in [2.45, 2.75) is 20.4 Å². The Hall–Kier alpha value is -3.81. The van der Waals surface area contributed by atoms with E-state index in [1.54, 1.807) is 0 Å². The van der Waals surface area contributed by atoms with Gasteiger partial charge in [-0.3, -0.25) is 0 Å². The fraction of sp³-hybridized carbons (Fsp3) is 0.227. The van der Waals surface area contributed by atoms with Crippen molar-refractivity contribution in [3.8, 4) is 17.0 Å². The van der Waals surface area contributed by atoms with Gasteiger partial charge in [0.15, 0.2) is 0 Å². The molecule has 0 bridgehead atoms. The molecule has 8 nitrogen and oxygen atoms in total. The second-order valence-corrected chi connectivity index (χ2v) is 6.44. The third kappa shape index (κ3) is 6.37. The number of aliphatic carboxylic acids is 2. The molecule has 0 spiro atoms. The van der Waals surface area contributed by atoms with E-state index in [0.29, 0.717) is 6.61 Å². The number of imidazole rings is 1. The highest BCUT2D eigenvalue weighted by Crippen LogP contribution is 2.24. The molecule has 0 aliphatic carbocycles. The van der Waals surface area contributed by atoms with E-state index in [-0.39, 0.29) is 0 Å².